The van der Waals surface area contributed by atoms with Gasteiger partial charge in [0.1, 0.15) is 0 Å². The minimum Gasteiger partial charge on any atom is -0.379 e. The summed E-state index contributed by atoms with van der Waals surface area (Å²) < 4.78 is 5.38. The highest BCUT2D eigenvalue weighted by molar-refractivity contribution is 4.93. The largest absolute Gasteiger partial charge is 0.379 e. The van der Waals surface area contributed by atoms with Crippen LogP contribution in [0.5, 0.6) is 0 Å². The Balaban J connectivity index is 0.00000127. The van der Waals surface area contributed by atoms with Gasteiger partial charge in [0.2, 0.25) is 0 Å². The predicted octanol–water partition coefficient (Wildman–Crippen LogP) is 2.79. The first-order chi connectivity index (χ1) is 10.7. The van der Waals surface area contributed by atoms with Crippen LogP contribution in [0, 0.1) is 5.41 Å². The van der Waals surface area contributed by atoms with Crippen molar-refractivity contribution in [2.24, 2.45) is 5.41 Å². The smallest absolute Gasteiger partial charge is 0.0824 e. The highest BCUT2D eigenvalue weighted by Crippen LogP contribution is 2.34. The Labute approximate surface area is 145 Å². The van der Waals surface area contributed by atoms with Crippen molar-refractivity contribution >= 4 is 0 Å². The molecule has 0 radical (unpaired) electrons. The van der Waals surface area contributed by atoms with Crippen molar-refractivity contribution in [1.82, 2.24) is 14.7 Å². The maximum absolute atomic E-state index is 5.38. The maximum atomic E-state index is 5.38. The molecule has 2 aliphatic heterocycles. The van der Waals surface area contributed by atoms with Gasteiger partial charge in [0.25, 0.3) is 0 Å². The number of methoxy groups -OCH3 is 1. The van der Waals surface area contributed by atoms with E-state index in [0.717, 1.165) is 13.1 Å². The monoisotopic (exact) mass is 327 g/mol. The Morgan fingerprint density at radius 3 is 1.96 bits per heavy atom. The van der Waals surface area contributed by atoms with Crippen LogP contribution in [-0.4, -0.2) is 86.3 Å². The molecule has 0 atom stereocenters. The van der Waals surface area contributed by atoms with E-state index in [9.17, 15) is 0 Å². The molecule has 2 saturated heterocycles. The van der Waals surface area contributed by atoms with E-state index in [2.05, 4.69) is 49.4 Å². The van der Waals surface area contributed by atoms with Crippen LogP contribution in [0.25, 0.3) is 0 Å². The summed E-state index contributed by atoms with van der Waals surface area (Å²) in [7, 11) is 4.05. The molecule has 0 unspecified atom stereocenters. The van der Waals surface area contributed by atoms with E-state index in [-0.39, 0.29) is 5.54 Å². The molecule has 0 aromatic carbocycles. The molecular weight excluding hydrogens is 286 g/mol. The van der Waals surface area contributed by atoms with Crippen LogP contribution in [0.2, 0.25) is 0 Å². The minimum atomic E-state index is 0.288. The molecule has 2 fully saturated rings. The number of likely N-dealkylation sites (N-methyl/N-ethyl adjacent to an activating group) is 1. The molecule has 2 aliphatic rings. The van der Waals surface area contributed by atoms with Crippen LogP contribution in [0.4, 0.5) is 0 Å². The summed E-state index contributed by atoms with van der Waals surface area (Å²) >= 11 is 0. The van der Waals surface area contributed by atoms with E-state index in [1.165, 1.54) is 39.1 Å². The third kappa shape index (κ3) is 6.33. The average molecular weight is 328 g/mol. The highest BCUT2D eigenvalue weighted by Gasteiger charge is 2.37. The summed E-state index contributed by atoms with van der Waals surface area (Å²) in [6, 6.07) is 0. The molecule has 23 heavy (non-hydrogen) atoms. The van der Waals surface area contributed by atoms with Gasteiger partial charge in [0.05, 0.1) is 6.10 Å². The first kappa shape index (κ1) is 20.9. The lowest BCUT2D eigenvalue weighted by molar-refractivity contribution is -0.0524. The van der Waals surface area contributed by atoms with Gasteiger partial charge in [-0.25, -0.2) is 0 Å². The molecule has 0 aliphatic carbocycles. The van der Waals surface area contributed by atoms with Crippen LogP contribution in [-0.2, 0) is 4.74 Å². The molecule has 2 heterocycles. The summed E-state index contributed by atoms with van der Waals surface area (Å²) in [5.74, 6) is 0. The van der Waals surface area contributed by atoms with Gasteiger partial charge < -0.3 is 9.64 Å². The van der Waals surface area contributed by atoms with Gasteiger partial charge in [-0.15, -0.1) is 0 Å². The molecule has 0 N–H and O–H groups in total. The van der Waals surface area contributed by atoms with Crippen LogP contribution < -0.4 is 0 Å². The van der Waals surface area contributed by atoms with Gasteiger partial charge in [0.15, 0.2) is 0 Å². The van der Waals surface area contributed by atoms with Crippen molar-refractivity contribution in [3.63, 3.8) is 0 Å². The van der Waals surface area contributed by atoms with Gasteiger partial charge in [-0.3, -0.25) is 9.80 Å². The molecule has 0 spiro atoms. The zero-order valence-corrected chi connectivity index (χ0v) is 17.0. The van der Waals surface area contributed by atoms with Crippen molar-refractivity contribution in [1.29, 1.82) is 0 Å². The quantitative estimate of drug-likeness (QED) is 0.747. The summed E-state index contributed by atoms with van der Waals surface area (Å²) in [4.78, 5) is 7.65. The molecule has 0 aromatic heterocycles. The fourth-order valence-corrected chi connectivity index (χ4v) is 4.16. The van der Waals surface area contributed by atoms with E-state index < -0.39 is 0 Å². The molecule has 4 nitrogen and oxygen atoms in total. The van der Waals surface area contributed by atoms with Gasteiger partial charge in [-0.2, -0.15) is 0 Å². The average Bonchev–Trinajstić information content (AvgIpc) is 2.44. The topological polar surface area (TPSA) is 19.0 Å². The Morgan fingerprint density at radius 2 is 1.48 bits per heavy atom. The van der Waals surface area contributed by atoms with Crippen molar-refractivity contribution in [3.8, 4) is 0 Å². The predicted molar refractivity (Wildman–Crippen MR) is 100 cm³/mol. The molecule has 0 amide bonds. The van der Waals surface area contributed by atoms with E-state index in [1.807, 2.05) is 21.0 Å². The van der Waals surface area contributed by atoms with Crippen LogP contribution in [0.1, 0.15) is 48.0 Å². The van der Waals surface area contributed by atoms with Gasteiger partial charge in [0, 0.05) is 58.5 Å². The first-order valence-corrected chi connectivity index (χ1v) is 9.41. The molecular formula is C19H41N3O. The Hall–Kier alpha value is -0.160. The van der Waals surface area contributed by atoms with E-state index in [4.69, 9.17) is 4.74 Å². The van der Waals surface area contributed by atoms with Crippen molar-refractivity contribution in [2.45, 2.75) is 59.6 Å². The third-order valence-corrected chi connectivity index (χ3v) is 5.18. The molecule has 0 bridgehead atoms. The Bertz CT molecular complexity index is 330. The standard InChI is InChI=1S/C17H35N3O.C2H6/c1-16(2,14-19-11-15(12-19)21-6)13-17(3,4)20-9-7-18(5)8-10-20;1-2/h15H,7-14H2,1-6H3;1-2H3. The second kappa shape index (κ2) is 8.80. The fourth-order valence-electron chi connectivity index (χ4n) is 4.16. The number of hydrogen-bond donors (Lipinski definition) is 0. The van der Waals surface area contributed by atoms with Crippen molar-refractivity contribution in [2.75, 3.05) is 60.0 Å². The van der Waals surface area contributed by atoms with Crippen LogP contribution >= 0.6 is 0 Å². The summed E-state index contributed by atoms with van der Waals surface area (Å²) in [5.41, 5.74) is 0.641. The zero-order chi connectivity index (χ0) is 17.7. The Morgan fingerprint density at radius 1 is 0.957 bits per heavy atom. The highest BCUT2D eigenvalue weighted by atomic mass is 16.5. The zero-order valence-electron chi connectivity index (χ0n) is 17.0. The number of hydrogen-bond acceptors (Lipinski definition) is 4. The lowest BCUT2D eigenvalue weighted by Gasteiger charge is -2.49. The fraction of sp³-hybridized carbons (Fsp3) is 1.00. The van der Waals surface area contributed by atoms with Crippen molar-refractivity contribution < 1.29 is 4.74 Å². The SMILES string of the molecule is CC.COC1CN(CC(C)(C)CC(C)(C)N2CCN(C)CC2)C1. The van der Waals surface area contributed by atoms with Gasteiger partial charge >= 0.3 is 0 Å². The van der Waals surface area contributed by atoms with E-state index in [1.54, 1.807) is 0 Å². The lowest BCUT2D eigenvalue weighted by atomic mass is 9.78. The number of piperazine rings is 1. The van der Waals surface area contributed by atoms with Gasteiger partial charge in [-0.1, -0.05) is 27.7 Å². The van der Waals surface area contributed by atoms with Crippen molar-refractivity contribution in [3.05, 3.63) is 0 Å². The normalized spacial score (nSPS) is 22.4. The lowest BCUT2D eigenvalue weighted by Crippen LogP contribution is -2.58. The van der Waals surface area contributed by atoms with Gasteiger partial charge in [-0.05, 0) is 32.7 Å². The van der Waals surface area contributed by atoms with E-state index in [0.29, 0.717) is 11.5 Å². The van der Waals surface area contributed by atoms with Crippen LogP contribution in [0.3, 0.4) is 0 Å². The summed E-state index contributed by atoms with van der Waals surface area (Å²) in [6.07, 6.45) is 1.71. The second-order valence-electron chi connectivity index (χ2n) is 8.50. The number of likely N-dealkylation sites (tertiary alicyclic amines) is 1. The summed E-state index contributed by atoms with van der Waals surface area (Å²) in [5, 5.41) is 0. The summed E-state index contributed by atoms with van der Waals surface area (Å²) in [6.45, 7) is 21.9. The maximum Gasteiger partial charge on any atom is 0.0824 e. The molecule has 4 heteroatoms. The number of rotatable bonds is 6. The first-order valence-electron chi connectivity index (χ1n) is 9.41. The number of ether oxygens (including phenoxy) is 1. The Kier molecular flexibility index (Phi) is 7.99. The number of nitrogens with zero attached hydrogens (tertiary/aromatic N) is 3. The third-order valence-electron chi connectivity index (χ3n) is 5.18. The molecule has 2 rings (SSSR count). The molecule has 0 saturated carbocycles. The van der Waals surface area contributed by atoms with E-state index >= 15 is 0 Å². The second-order valence-corrected chi connectivity index (χ2v) is 8.50. The minimum absolute atomic E-state index is 0.288. The molecule has 138 valence electrons. The van der Waals surface area contributed by atoms with Crippen LogP contribution in [0.15, 0.2) is 0 Å². The molecule has 0 aromatic rings.